The molecule has 1 aromatic heterocycles. The first-order chi connectivity index (χ1) is 15.1. The lowest BCUT2D eigenvalue weighted by molar-refractivity contribution is 0.197. The lowest BCUT2D eigenvalue weighted by Gasteiger charge is -2.38. The van der Waals surface area contributed by atoms with Gasteiger partial charge in [0.15, 0.2) is 5.96 Å². The fourth-order valence-electron chi connectivity index (χ4n) is 3.77. The molecule has 1 fully saturated rings. The molecule has 178 valence electrons. The van der Waals surface area contributed by atoms with Crippen LogP contribution in [0.4, 0.5) is 5.69 Å². The predicted octanol–water partition coefficient (Wildman–Crippen LogP) is 3.22. The minimum absolute atomic E-state index is 0. The van der Waals surface area contributed by atoms with E-state index in [1.165, 1.54) is 11.3 Å². The number of nitrogens with one attached hydrogen (secondary N) is 1. The molecule has 1 aliphatic heterocycles. The highest BCUT2D eigenvalue weighted by molar-refractivity contribution is 14.0. The molecule has 1 aliphatic rings. The Hall–Kier alpha value is -1.59. The first-order valence-electron chi connectivity index (χ1n) is 11.0. The third kappa shape index (κ3) is 7.48. The quantitative estimate of drug-likeness (QED) is 0.214. The van der Waals surface area contributed by atoms with Gasteiger partial charge in [0.05, 0.1) is 0 Å². The maximum atomic E-state index is 6.23. The van der Waals surface area contributed by atoms with Gasteiger partial charge in [0.2, 0.25) is 0 Å². The molecule has 0 bridgehead atoms. The summed E-state index contributed by atoms with van der Waals surface area (Å²) >= 11 is 6.23. The summed E-state index contributed by atoms with van der Waals surface area (Å²) in [5, 5.41) is 12.5. The molecule has 2 heterocycles. The standard InChI is InChI=1S/C22H34ClN7O.HI/c1-4-21-27-26-17-30(21)10-9-25-22(24-8-5-15-31-3)29-13-11-28(12-14-29)20-16-19(23)7-6-18(20)2;/h6-7,16-17H,4-5,8-15H2,1-3H3,(H,24,25);1H. The zero-order valence-corrected chi connectivity index (χ0v) is 22.3. The molecular formula is C22H35ClIN7O. The number of rotatable bonds is 9. The van der Waals surface area contributed by atoms with Crippen molar-refractivity contribution >= 4 is 47.2 Å². The van der Waals surface area contributed by atoms with E-state index in [2.05, 4.69) is 55.9 Å². The largest absolute Gasteiger partial charge is 0.385 e. The van der Waals surface area contributed by atoms with Gasteiger partial charge < -0.3 is 24.4 Å². The number of anilines is 1. The first-order valence-corrected chi connectivity index (χ1v) is 11.4. The average molecular weight is 576 g/mol. The second-order valence-electron chi connectivity index (χ2n) is 7.68. The van der Waals surface area contributed by atoms with Crippen molar-refractivity contribution in [1.29, 1.82) is 0 Å². The van der Waals surface area contributed by atoms with Crippen LogP contribution in [0.3, 0.4) is 0 Å². The van der Waals surface area contributed by atoms with Crippen molar-refractivity contribution in [3.05, 3.63) is 40.9 Å². The van der Waals surface area contributed by atoms with Gasteiger partial charge in [0, 0.05) is 76.7 Å². The van der Waals surface area contributed by atoms with E-state index >= 15 is 0 Å². The number of aliphatic imine (C=N–C) groups is 1. The molecule has 32 heavy (non-hydrogen) atoms. The van der Waals surface area contributed by atoms with Crippen molar-refractivity contribution in [2.45, 2.75) is 33.2 Å². The molecule has 1 N–H and O–H groups in total. The highest BCUT2D eigenvalue weighted by Crippen LogP contribution is 2.25. The molecule has 0 unspecified atom stereocenters. The summed E-state index contributed by atoms with van der Waals surface area (Å²) < 4.78 is 7.26. The summed E-state index contributed by atoms with van der Waals surface area (Å²) in [6, 6.07) is 6.10. The van der Waals surface area contributed by atoms with E-state index in [0.717, 1.165) is 82.1 Å². The number of aromatic nitrogens is 3. The summed E-state index contributed by atoms with van der Waals surface area (Å²) in [5.41, 5.74) is 2.48. The Balaban J connectivity index is 0.00000363. The molecule has 0 atom stereocenters. The molecule has 10 heteroatoms. The van der Waals surface area contributed by atoms with Crippen molar-refractivity contribution in [1.82, 2.24) is 25.0 Å². The summed E-state index contributed by atoms with van der Waals surface area (Å²) in [6.07, 6.45) is 3.58. The van der Waals surface area contributed by atoms with Crippen LogP contribution in [0.2, 0.25) is 5.02 Å². The number of halogens is 2. The van der Waals surface area contributed by atoms with Gasteiger partial charge >= 0.3 is 0 Å². The van der Waals surface area contributed by atoms with Gasteiger partial charge in [-0.1, -0.05) is 24.6 Å². The summed E-state index contributed by atoms with van der Waals surface area (Å²) in [7, 11) is 1.73. The molecule has 1 aromatic carbocycles. The van der Waals surface area contributed by atoms with Gasteiger partial charge in [-0.2, -0.15) is 0 Å². The Morgan fingerprint density at radius 1 is 1.25 bits per heavy atom. The van der Waals surface area contributed by atoms with Crippen molar-refractivity contribution in [2.75, 3.05) is 57.9 Å². The second kappa shape index (κ2) is 13.8. The van der Waals surface area contributed by atoms with Crippen LogP contribution >= 0.6 is 35.6 Å². The van der Waals surface area contributed by atoms with Crippen LogP contribution in [0.15, 0.2) is 29.5 Å². The minimum Gasteiger partial charge on any atom is -0.385 e. The Bertz CT molecular complexity index is 853. The van der Waals surface area contributed by atoms with E-state index in [1.54, 1.807) is 13.4 Å². The maximum absolute atomic E-state index is 6.23. The number of hydrogen-bond acceptors (Lipinski definition) is 5. The normalized spacial score (nSPS) is 14.4. The third-order valence-corrected chi connectivity index (χ3v) is 5.74. The Labute approximate surface area is 213 Å². The van der Waals surface area contributed by atoms with Gasteiger partial charge in [0.1, 0.15) is 12.2 Å². The number of guanidine groups is 1. The van der Waals surface area contributed by atoms with Gasteiger partial charge in [-0.3, -0.25) is 4.99 Å². The van der Waals surface area contributed by atoms with Crippen molar-refractivity contribution in [3.8, 4) is 0 Å². The monoisotopic (exact) mass is 575 g/mol. The van der Waals surface area contributed by atoms with Crippen LogP contribution in [-0.4, -0.2) is 78.6 Å². The van der Waals surface area contributed by atoms with Crippen LogP contribution in [-0.2, 0) is 17.7 Å². The molecule has 0 spiro atoms. The number of piperazine rings is 1. The molecule has 0 saturated carbocycles. The van der Waals surface area contributed by atoms with Crippen LogP contribution in [0, 0.1) is 6.92 Å². The van der Waals surface area contributed by atoms with Crippen molar-refractivity contribution in [3.63, 3.8) is 0 Å². The van der Waals surface area contributed by atoms with Crippen LogP contribution < -0.4 is 10.2 Å². The van der Waals surface area contributed by atoms with Crippen LogP contribution in [0.25, 0.3) is 0 Å². The molecule has 8 nitrogen and oxygen atoms in total. The number of benzene rings is 1. The van der Waals surface area contributed by atoms with Gasteiger partial charge in [0.25, 0.3) is 0 Å². The van der Waals surface area contributed by atoms with E-state index in [9.17, 15) is 0 Å². The molecule has 0 amide bonds. The third-order valence-electron chi connectivity index (χ3n) is 5.51. The lowest BCUT2D eigenvalue weighted by Crippen LogP contribution is -2.53. The SMILES string of the molecule is CCc1nncn1CCNC(=NCCCOC)N1CCN(c2cc(Cl)ccc2C)CC1.I. The fraction of sp³-hybridized carbons (Fsp3) is 0.591. The van der Waals surface area contributed by atoms with E-state index in [-0.39, 0.29) is 24.0 Å². The van der Waals surface area contributed by atoms with E-state index in [1.807, 2.05) is 6.07 Å². The van der Waals surface area contributed by atoms with E-state index < -0.39 is 0 Å². The lowest BCUT2D eigenvalue weighted by atomic mass is 10.1. The zero-order chi connectivity index (χ0) is 22.1. The van der Waals surface area contributed by atoms with E-state index in [0.29, 0.717) is 0 Å². The first kappa shape index (κ1) is 26.7. The fourth-order valence-corrected chi connectivity index (χ4v) is 3.94. The van der Waals surface area contributed by atoms with Crippen LogP contribution in [0.1, 0.15) is 24.7 Å². The molecule has 0 radical (unpaired) electrons. The van der Waals surface area contributed by atoms with Crippen LogP contribution in [0.5, 0.6) is 0 Å². The van der Waals surface area contributed by atoms with E-state index in [4.69, 9.17) is 21.3 Å². The van der Waals surface area contributed by atoms with Gasteiger partial charge in [-0.15, -0.1) is 34.2 Å². The Morgan fingerprint density at radius 3 is 2.75 bits per heavy atom. The molecular weight excluding hydrogens is 541 g/mol. The zero-order valence-electron chi connectivity index (χ0n) is 19.3. The number of ether oxygens (including phenoxy) is 1. The smallest absolute Gasteiger partial charge is 0.194 e. The number of hydrogen-bond donors (Lipinski definition) is 1. The van der Waals surface area contributed by atoms with Crippen molar-refractivity contribution < 1.29 is 4.74 Å². The molecule has 0 aliphatic carbocycles. The second-order valence-corrected chi connectivity index (χ2v) is 8.11. The Morgan fingerprint density at radius 2 is 2.03 bits per heavy atom. The summed E-state index contributed by atoms with van der Waals surface area (Å²) in [4.78, 5) is 9.60. The Kier molecular flexibility index (Phi) is 11.5. The molecule has 1 saturated heterocycles. The number of methoxy groups -OCH3 is 1. The molecule has 2 aromatic rings. The number of nitrogens with zero attached hydrogens (tertiary/aromatic N) is 6. The molecule has 3 rings (SSSR count). The average Bonchev–Trinajstić information content (AvgIpc) is 3.25. The predicted molar refractivity (Wildman–Crippen MR) is 142 cm³/mol. The summed E-state index contributed by atoms with van der Waals surface area (Å²) in [6.45, 7) is 11.0. The number of aryl methyl sites for hydroxylation is 2. The van der Waals surface area contributed by atoms with Gasteiger partial charge in [-0.25, -0.2) is 0 Å². The summed E-state index contributed by atoms with van der Waals surface area (Å²) in [5.74, 6) is 1.97. The minimum atomic E-state index is 0. The highest BCUT2D eigenvalue weighted by atomic mass is 127. The van der Waals surface area contributed by atoms with Crippen molar-refractivity contribution in [2.24, 2.45) is 4.99 Å². The maximum Gasteiger partial charge on any atom is 0.194 e. The van der Waals surface area contributed by atoms with Gasteiger partial charge in [-0.05, 0) is 31.0 Å². The topological polar surface area (TPSA) is 70.8 Å². The highest BCUT2D eigenvalue weighted by Gasteiger charge is 2.21.